The van der Waals surface area contributed by atoms with E-state index in [4.69, 9.17) is 9.05 Å². The van der Waals surface area contributed by atoms with E-state index in [0.29, 0.717) is 17.4 Å². The first-order valence-corrected chi connectivity index (χ1v) is 33.7. The fourth-order valence-corrected chi connectivity index (χ4v) is 10.6. The van der Waals surface area contributed by atoms with Crippen LogP contribution in [0.1, 0.15) is 328 Å². The van der Waals surface area contributed by atoms with Gasteiger partial charge in [-0.3, -0.25) is 13.8 Å². The molecule has 0 bridgehead atoms. The Morgan fingerprint density at radius 3 is 1.10 bits per heavy atom. The highest BCUT2D eigenvalue weighted by atomic mass is 31.2. The number of amides is 1. The first-order valence-electron chi connectivity index (χ1n) is 32.2. The molecule has 0 aliphatic rings. The molecule has 8 nitrogen and oxygen atoms in total. The number of allylic oxidation sites excluding steroid dienone is 3. The van der Waals surface area contributed by atoms with E-state index in [1.165, 1.54) is 270 Å². The molecule has 0 aliphatic carbocycles. The molecule has 3 atom stereocenters. The third-order valence-corrected chi connectivity index (χ3v) is 15.9. The summed E-state index contributed by atoms with van der Waals surface area (Å²) in [5, 5.41) is 13.9. The predicted octanol–water partition coefficient (Wildman–Crippen LogP) is 19.9. The molecule has 73 heavy (non-hydrogen) atoms. The third kappa shape index (κ3) is 58.5. The molecule has 0 spiro atoms. The van der Waals surface area contributed by atoms with Crippen molar-refractivity contribution in [3.63, 3.8) is 0 Å². The first kappa shape index (κ1) is 72.0. The molecule has 0 radical (unpaired) electrons. The van der Waals surface area contributed by atoms with Crippen molar-refractivity contribution < 1.29 is 32.9 Å². The van der Waals surface area contributed by atoms with E-state index >= 15 is 0 Å². The van der Waals surface area contributed by atoms with Crippen LogP contribution in [0.2, 0.25) is 0 Å². The van der Waals surface area contributed by atoms with E-state index in [-0.39, 0.29) is 19.1 Å². The summed E-state index contributed by atoms with van der Waals surface area (Å²) in [4.78, 5) is 23.3. The summed E-state index contributed by atoms with van der Waals surface area (Å²) in [6.45, 7) is 4.83. The largest absolute Gasteiger partial charge is 0.472 e. The van der Waals surface area contributed by atoms with Crippen molar-refractivity contribution in [3.05, 3.63) is 24.3 Å². The Hall–Kier alpha value is -1.02. The Labute approximate surface area is 455 Å². The van der Waals surface area contributed by atoms with Gasteiger partial charge in [0.05, 0.1) is 39.9 Å². The maximum absolute atomic E-state index is 13.0. The summed E-state index contributed by atoms with van der Waals surface area (Å²) < 4.78 is 23.7. The highest BCUT2D eigenvalue weighted by Gasteiger charge is 2.27. The summed E-state index contributed by atoms with van der Waals surface area (Å²) >= 11 is 0. The van der Waals surface area contributed by atoms with E-state index in [1.54, 1.807) is 6.08 Å². The van der Waals surface area contributed by atoms with E-state index in [0.717, 1.165) is 38.5 Å². The van der Waals surface area contributed by atoms with Crippen molar-refractivity contribution in [2.45, 2.75) is 341 Å². The second-order valence-electron chi connectivity index (χ2n) is 23.5. The van der Waals surface area contributed by atoms with Gasteiger partial charge in [0.25, 0.3) is 0 Å². The maximum Gasteiger partial charge on any atom is 0.472 e. The average molecular weight is 1050 g/mol. The fraction of sp³-hybridized carbons (Fsp3) is 0.922. The van der Waals surface area contributed by atoms with Crippen LogP contribution in [0.4, 0.5) is 0 Å². The van der Waals surface area contributed by atoms with Gasteiger partial charge in [-0.1, -0.05) is 314 Å². The molecule has 0 aromatic heterocycles. The molecule has 0 fully saturated rings. The van der Waals surface area contributed by atoms with Crippen molar-refractivity contribution in [3.8, 4) is 0 Å². The number of hydrogen-bond acceptors (Lipinski definition) is 5. The van der Waals surface area contributed by atoms with E-state index in [1.807, 2.05) is 27.2 Å². The van der Waals surface area contributed by atoms with Gasteiger partial charge in [-0.25, -0.2) is 4.57 Å². The zero-order valence-electron chi connectivity index (χ0n) is 49.7. The summed E-state index contributed by atoms with van der Waals surface area (Å²) in [6.07, 6.45) is 71.9. The number of nitrogens with zero attached hydrogens (tertiary/aromatic N) is 1. The number of phosphoric acid groups is 1. The van der Waals surface area contributed by atoms with Crippen LogP contribution in [-0.4, -0.2) is 73.4 Å². The van der Waals surface area contributed by atoms with Crippen LogP contribution in [0.3, 0.4) is 0 Å². The lowest BCUT2D eigenvalue weighted by atomic mass is 10.0. The number of carbonyl (C=O) groups excluding carboxylic acids is 1. The first-order chi connectivity index (χ1) is 35.5. The molecule has 0 saturated heterocycles. The molecule has 0 rings (SSSR count). The number of aliphatic hydroxyl groups is 1. The number of quaternary nitrogens is 1. The van der Waals surface area contributed by atoms with Crippen LogP contribution >= 0.6 is 7.82 Å². The summed E-state index contributed by atoms with van der Waals surface area (Å²) in [5.41, 5.74) is 0. The topological polar surface area (TPSA) is 105 Å². The average Bonchev–Trinajstić information content (AvgIpc) is 3.35. The molecule has 0 heterocycles. The predicted molar refractivity (Wildman–Crippen MR) is 318 cm³/mol. The van der Waals surface area contributed by atoms with Crippen LogP contribution in [0.5, 0.6) is 0 Å². The fourth-order valence-electron chi connectivity index (χ4n) is 9.89. The number of phosphoric ester groups is 1. The van der Waals surface area contributed by atoms with Crippen LogP contribution in [0.15, 0.2) is 24.3 Å². The molecule has 1 amide bonds. The van der Waals surface area contributed by atoms with Crippen molar-refractivity contribution in [1.82, 2.24) is 5.32 Å². The van der Waals surface area contributed by atoms with Gasteiger partial charge in [0.2, 0.25) is 5.91 Å². The Bertz CT molecular complexity index is 1240. The standard InChI is InChI=1S/C64H127N2O6P/c1-6-8-10-12-14-16-18-20-22-23-24-25-26-27-28-29-30-31-32-33-34-35-36-37-38-39-40-41-42-43-44-46-48-50-52-54-56-58-64(68)65-62(61-72-73(69,70)71-60-59-66(3,4)5)63(67)57-55-53-51-49-47-45-21-19-17-15-13-11-9-7-2/h47,49,55,57,62-63,67H,6-46,48,50-54,56,58-61H2,1-5H3,(H-,65,68,69,70)/p+1/b49-47+,57-55+. The van der Waals surface area contributed by atoms with Crippen LogP contribution < -0.4 is 5.32 Å². The second-order valence-corrected chi connectivity index (χ2v) is 24.9. The number of carbonyl (C=O) groups is 1. The number of rotatable bonds is 60. The number of aliphatic hydroxyl groups excluding tert-OH is 1. The maximum atomic E-state index is 13.0. The van der Waals surface area contributed by atoms with Gasteiger partial charge in [-0.05, 0) is 32.1 Å². The summed E-state index contributed by atoms with van der Waals surface area (Å²) in [6, 6.07) is -0.860. The lowest BCUT2D eigenvalue weighted by Gasteiger charge is -2.25. The highest BCUT2D eigenvalue weighted by Crippen LogP contribution is 2.43. The number of hydrogen-bond donors (Lipinski definition) is 3. The number of likely N-dealkylation sites (N-methyl/N-ethyl adjacent to an activating group) is 1. The minimum Gasteiger partial charge on any atom is -0.387 e. The quantitative estimate of drug-likeness (QED) is 0.0243. The SMILES string of the molecule is CCCCCCCCCC/C=C/CC/C=C/C(O)C(COP(=O)(O)OCC[N+](C)(C)C)NC(=O)CCCCCCCCCCCCCCCCCCCCCCCCCCCCCCCCCCCCCCC. The Balaban J connectivity index is 3.89. The van der Waals surface area contributed by atoms with Gasteiger partial charge in [0, 0.05) is 6.42 Å². The van der Waals surface area contributed by atoms with E-state index < -0.39 is 20.0 Å². The van der Waals surface area contributed by atoms with Crippen LogP contribution in [0, 0.1) is 0 Å². The van der Waals surface area contributed by atoms with Gasteiger partial charge < -0.3 is 19.8 Å². The van der Waals surface area contributed by atoms with Gasteiger partial charge in [0.1, 0.15) is 13.2 Å². The molecule has 0 aliphatic heterocycles. The van der Waals surface area contributed by atoms with Gasteiger partial charge in [-0.15, -0.1) is 0 Å². The van der Waals surface area contributed by atoms with Crippen molar-refractivity contribution in [2.75, 3.05) is 40.9 Å². The Morgan fingerprint density at radius 1 is 0.452 bits per heavy atom. The van der Waals surface area contributed by atoms with Crippen molar-refractivity contribution in [2.24, 2.45) is 0 Å². The normalized spacial score (nSPS) is 13.9. The Morgan fingerprint density at radius 2 is 0.753 bits per heavy atom. The van der Waals surface area contributed by atoms with Crippen molar-refractivity contribution in [1.29, 1.82) is 0 Å². The molecule has 0 saturated carbocycles. The van der Waals surface area contributed by atoms with Gasteiger partial charge in [-0.2, -0.15) is 0 Å². The van der Waals surface area contributed by atoms with Gasteiger partial charge in [0.15, 0.2) is 0 Å². The lowest BCUT2D eigenvalue weighted by Crippen LogP contribution is -2.45. The van der Waals surface area contributed by atoms with E-state index in [9.17, 15) is 19.4 Å². The Kier molecular flexibility index (Phi) is 54.9. The highest BCUT2D eigenvalue weighted by molar-refractivity contribution is 7.47. The van der Waals surface area contributed by atoms with Crippen LogP contribution in [0.25, 0.3) is 0 Å². The minimum atomic E-state index is -4.35. The summed E-state index contributed by atoms with van der Waals surface area (Å²) in [7, 11) is 1.57. The molecule has 3 unspecified atom stereocenters. The molecular formula is C64H128N2O6P+. The molecule has 0 aromatic rings. The number of unbranched alkanes of at least 4 members (excludes halogenated alkanes) is 45. The van der Waals surface area contributed by atoms with Crippen LogP contribution in [-0.2, 0) is 18.4 Å². The molecule has 3 N–H and O–H groups in total. The molecule has 434 valence electrons. The summed E-state index contributed by atoms with van der Waals surface area (Å²) in [5.74, 6) is -0.181. The number of nitrogens with one attached hydrogen (secondary N) is 1. The zero-order chi connectivity index (χ0) is 53.5. The molecule has 0 aromatic carbocycles. The zero-order valence-corrected chi connectivity index (χ0v) is 50.5. The smallest absolute Gasteiger partial charge is 0.387 e. The lowest BCUT2D eigenvalue weighted by molar-refractivity contribution is -0.870. The monoisotopic (exact) mass is 1050 g/mol. The van der Waals surface area contributed by atoms with Gasteiger partial charge >= 0.3 is 7.82 Å². The van der Waals surface area contributed by atoms with E-state index in [2.05, 4.69) is 31.3 Å². The second kappa shape index (κ2) is 55.7. The third-order valence-electron chi connectivity index (χ3n) is 14.9. The molecular weight excluding hydrogens is 924 g/mol. The molecule has 9 heteroatoms. The minimum absolute atomic E-state index is 0.0586. The van der Waals surface area contributed by atoms with Crippen molar-refractivity contribution >= 4 is 13.7 Å².